The lowest BCUT2D eigenvalue weighted by Crippen LogP contribution is -2.16. The SMILES string of the molecule is COC(=O)C1=N/C(Cl)=C\CCCC\C=C\1Br. The number of hydrogen-bond acceptors (Lipinski definition) is 3. The Morgan fingerprint density at radius 1 is 1.44 bits per heavy atom. The van der Waals surface area contributed by atoms with Gasteiger partial charge in [0.1, 0.15) is 5.16 Å². The predicted molar refractivity (Wildman–Crippen MR) is 68.9 cm³/mol. The summed E-state index contributed by atoms with van der Waals surface area (Å²) < 4.78 is 5.28. The standard InChI is InChI=1S/C11H13BrClNO2/c1-16-11(15)10-8(12)6-4-2-3-5-7-9(13)14-10/h6-7H,2-5H2,1H3/b8-6-,9-7-,14-10+. The number of hydrogen-bond donors (Lipinski definition) is 0. The fourth-order valence-corrected chi connectivity index (χ4v) is 1.95. The smallest absolute Gasteiger partial charge is 0.357 e. The third-order valence-corrected chi connectivity index (χ3v) is 3.06. The maximum absolute atomic E-state index is 11.5. The highest BCUT2D eigenvalue weighted by molar-refractivity contribution is 9.12. The van der Waals surface area contributed by atoms with Crippen LogP contribution in [0.5, 0.6) is 0 Å². The van der Waals surface area contributed by atoms with Crippen LogP contribution < -0.4 is 0 Å². The Morgan fingerprint density at radius 3 is 2.69 bits per heavy atom. The average molecular weight is 307 g/mol. The van der Waals surface area contributed by atoms with E-state index >= 15 is 0 Å². The molecule has 0 fully saturated rings. The largest absolute Gasteiger partial charge is 0.464 e. The Kier molecular flexibility index (Phi) is 5.77. The van der Waals surface area contributed by atoms with E-state index in [0.29, 0.717) is 9.64 Å². The van der Waals surface area contributed by atoms with Crippen molar-refractivity contribution in [3.8, 4) is 0 Å². The van der Waals surface area contributed by atoms with Gasteiger partial charge in [-0.2, -0.15) is 0 Å². The van der Waals surface area contributed by atoms with E-state index in [1.165, 1.54) is 7.11 Å². The van der Waals surface area contributed by atoms with Gasteiger partial charge < -0.3 is 4.74 Å². The van der Waals surface area contributed by atoms with Crippen LogP contribution in [0.2, 0.25) is 0 Å². The molecule has 0 bridgehead atoms. The summed E-state index contributed by atoms with van der Waals surface area (Å²) in [5.74, 6) is -0.491. The van der Waals surface area contributed by atoms with Crippen LogP contribution in [0, 0.1) is 0 Å². The zero-order valence-corrected chi connectivity index (χ0v) is 11.3. The second-order valence-corrected chi connectivity index (χ2v) is 4.56. The molecule has 1 heterocycles. The Balaban J connectivity index is 3.05. The molecule has 0 spiro atoms. The summed E-state index contributed by atoms with van der Waals surface area (Å²) >= 11 is 9.21. The van der Waals surface area contributed by atoms with Crippen molar-refractivity contribution in [2.45, 2.75) is 25.7 Å². The minimum absolute atomic E-state index is 0.214. The minimum atomic E-state index is -0.491. The number of aliphatic imine (C=N–C) groups is 1. The van der Waals surface area contributed by atoms with Gasteiger partial charge in [0, 0.05) is 4.48 Å². The van der Waals surface area contributed by atoms with Crippen LogP contribution >= 0.6 is 27.5 Å². The quantitative estimate of drug-likeness (QED) is 0.549. The van der Waals surface area contributed by atoms with Gasteiger partial charge in [-0.15, -0.1) is 0 Å². The second kappa shape index (κ2) is 6.86. The number of allylic oxidation sites excluding steroid dienone is 2. The maximum Gasteiger partial charge on any atom is 0.357 e. The highest BCUT2D eigenvalue weighted by Gasteiger charge is 2.16. The molecule has 5 heteroatoms. The van der Waals surface area contributed by atoms with Gasteiger partial charge in [-0.25, -0.2) is 9.79 Å². The number of halogens is 2. The molecule has 0 aromatic rings. The van der Waals surface area contributed by atoms with Gasteiger partial charge in [-0.3, -0.25) is 0 Å². The number of methoxy groups -OCH3 is 1. The van der Waals surface area contributed by atoms with Gasteiger partial charge in [0.05, 0.1) is 7.11 Å². The number of rotatable bonds is 1. The van der Waals surface area contributed by atoms with Crippen LogP contribution in [0.4, 0.5) is 0 Å². The molecular weight excluding hydrogens is 293 g/mol. The lowest BCUT2D eigenvalue weighted by atomic mass is 10.1. The summed E-state index contributed by atoms with van der Waals surface area (Å²) in [4.78, 5) is 15.5. The van der Waals surface area contributed by atoms with Crippen LogP contribution in [0.25, 0.3) is 0 Å². The number of ether oxygens (including phenoxy) is 1. The summed E-state index contributed by atoms with van der Waals surface area (Å²) in [6, 6.07) is 0. The van der Waals surface area contributed by atoms with Gasteiger partial charge in [-0.1, -0.05) is 17.7 Å². The fourth-order valence-electron chi connectivity index (χ4n) is 1.28. The van der Waals surface area contributed by atoms with Crippen molar-refractivity contribution >= 4 is 39.2 Å². The summed E-state index contributed by atoms with van der Waals surface area (Å²) in [5.41, 5.74) is 0.214. The number of carbonyl (C=O) groups is 1. The minimum Gasteiger partial charge on any atom is -0.464 e. The molecule has 0 aromatic carbocycles. The molecule has 0 aromatic heterocycles. The summed E-state index contributed by atoms with van der Waals surface area (Å²) in [5, 5.41) is 0.327. The Labute approximate surface area is 108 Å². The first-order chi connectivity index (χ1) is 7.65. The van der Waals surface area contributed by atoms with Gasteiger partial charge in [-0.05, 0) is 47.7 Å². The molecule has 1 rings (SSSR count). The van der Waals surface area contributed by atoms with Gasteiger partial charge in [0.25, 0.3) is 0 Å². The molecule has 88 valence electrons. The Morgan fingerprint density at radius 2 is 2.06 bits per heavy atom. The third-order valence-electron chi connectivity index (χ3n) is 2.12. The molecule has 0 atom stereocenters. The van der Waals surface area contributed by atoms with Crippen molar-refractivity contribution in [3.05, 3.63) is 21.8 Å². The average Bonchev–Trinajstić information content (AvgIpc) is 2.28. The summed E-state index contributed by atoms with van der Waals surface area (Å²) in [7, 11) is 1.32. The van der Waals surface area contributed by atoms with Gasteiger partial charge >= 0.3 is 5.97 Å². The predicted octanol–water partition coefficient (Wildman–Crippen LogP) is 3.53. The molecule has 0 radical (unpaired) electrons. The summed E-state index contributed by atoms with van der Waals surface area (Å²) in [6.45, 7) is 0. The number of nitrogens with zero attached hydrogens (tertiary/aromatic N) is 1. The van der Waals surface area contributed by atoms with Crippen LogP contribution in [0.1, 0.15) is 25.7 Å². The van der Waals surface area contributed by atoms with Crippen LogP contribution in [0.3, 0.4) is 0 Å². The molecule has 0 N–H and O–H groups in total. The lowest BCUT2D eigenvalue weighted by molar-refractivity contribution is -0.132. The molecule has 0 aliphatic carbocycles. The van der Waals surface area contributed by atoms with E-state index in [2.05, 4.69) is 25.7 Å². The molecule has 0 saturated carbocycles. The van der Waals surface area contributed by atoms with Crippen molar-refractivity contribution in [2.75, 3.05) is 7.11 Å². The normalized spacial score (nSPS) is 27.8. The molecule has 3 nitrogen and oxygen atoms in total. The van der Waals surface area contributed by atoms with E-state index in [-0.39, 0.29) is 5.71 Å². The first kappa shape index (κ1) is 13.5. The monoisotopic (exact) mass is 305 g/mol. The van der Waals surface area contributed by atoms with Crippen LogP contribution in [-0.2, 0) is 9.53 Å². The maximum atomic E-state index is 11.5. The number of carbonyl (C=O) groups excluding carboxylic acids is 1. The van der Waals surface area contributed by atoms with E-state index in [9.17, 15) is 4.79 Å². The molecule has 0 unspecified atom stereocenters. The second-order valence-electron chi connectivity index (χ2n) is 3.32. The van der Waals surface area contributed by atoms with Gasteiger partial charge in [0.15, 0.2) is 5.71 Å². The third kappa shape index (κ3) is 4.10. The molecule has 0 amide bonds. The molecule has 0 saturated heterocycles. The molecule has 16 heavy (non-hydrogen) atoms. The topological polar surface area (TPSA) is 38.7 Å². The zero-order chi connectivity index (χ0) is 12.0. The molecule has 1 aliphatic rings. The Hall–Kier alpha value is -0.610. The van der Waals surface area contributed by atoms with E-state index < -0.39 is 5.97 Å². The van der Waals surface area contributed by atoms with E-state index in [0.717, 1.165) is 25.7 Å². The van der Waals surface area contributed by atoms with Crippen molar-refractivity contribution in [1.82, 2.24) is 0 Å². The Bertz CT molecular complexity index is 361. The van der Waals surface area contributed by atoms with Crippen molar-refractivity contribution in [1.29, 1.82) is 0 Å². The first-order valence-corrected chi connectivity index (χ1v) is 6.21. The lowest BCUT2D eigenvalue weighted by Gasteiger charge is -2.05. The zero-order valence-electron chi connectivity index (χ0n) is 9.00. The molecule has 1 aliphatic heterocycles. The highest BCUT2D eigenvalue weighted by Crippen LogP contribution is 2.18. The van der Waals surface area contributed by atoms with Crippen molar-refractivity contribution in [3.63, 3.8) is 0 Å². The van der Waals surface area contributed by atoms with Crippen molar-refractivity contribution < 1.29 is 9.53 Å². The fraction of sp³-hybridized carbons (Fsp3) is 0.455. The van der Waals surface area contributed by atoms with Crippen LogP contribution in [0.15, 0.2) is 26.8 Å². The van der Waals surface area contributed by atoms with Gasteiger partial charge in [0.2, 0.25) is 0 Å². The van der Waals surface area contributed by atoms with E-state index in [4.69, 9.17) is 11.6 Å². The van der Waals surface area contributed by atoms with Crippen LogP contribution in [-0.4, -0.2) is 18.8 Å². The first-order valence-electron chi connectivity index (χ1n) is 5.04. The van der Waals surface area contributed by atoms with Crippen molar-refractivity contribution in [2.24, 2.45) is 4.99 Å². The molecular formula is C11H13BrClNO2. The summed E-state index contributed by atoms with van der Waals surface area (Å²) in [6.07, 6.45) is 7.64. The number of esters is 1. The van der Waals surface area contributed by atoms with E-state index in [1.54, 1.807) is 0 Å². The van der Waals surface area contributed by atoms with E-state index in [1.807, 2.05) is 12.2 Å². The highest BCUT2D eigenvalue weighted by atomic mass is 79.9.